The molecule has 0 spiro atoms. The Balaban J connectivity index is 1.81. The van der Waals surface area contributed by atoms with Crippen molar-refractivity contribution in [3.8, 4) is 0 Å². The van der Waals surface area contributed by atoms with Crippen molar-refractivity contribution in [3.63, 3.8) is 0 Å². The third kappa shape index (κ3) is 4.11. The Hall–Kier alpha value is -1.83. The molecule has 1 aromatic carbocycles. The normalized spacial score (nSPS) is 25.5. The van der Waals surface area contributed by atoms with Gasteiger partial charge in [0.2, 0.25) is 0 Å². The molecule has 0 amide bonds. The number of carbonyl (C=O) groups excluding carboxylic acids is 1. The number of esters is 1. The van der Waals surface area contributed by atoms with Gasteiger partial charge in [-0.1, -0.05) is 58.1 Å². The van der Waals surface area contributed by atoms with E-state index in [0.717, 1.165) is 6.42 Å². The molecule has 0 bridgehead atoms. The van der Waals surface area contributed by atoms with Gasteiger partial charge in [0.05, 0.1) is 12.5 Å². The second-order valence-electron chi connectivity index (χ2n) is 9.97. The molecule has 28 heavy (non-hydrogen) atoms. The molecule has 0 heterocycles. The van der Waals surface area contributed by atoms with Gasteiger partial charge < -0.3 is 4.74 Å². The Morgan fingerprint density at radius 1 is 1.14 bits per heavy atom. The van der Waals surface area contributed by atoms with Gasteiger partial charge in [0.15, 0.2) is 0 Å². The zero-order chi connectivity index (χ0) is 20.7. The lowest BCUT2D eigenvalue weighted by atomic mass is 9.62. The molecule has 2 heteroatoms. The van der Waals surface area contributed by atoms with E-state index in [1.807, 2.05) is 6.92 Å². The topological polar surface area (TPSA) is 26.3 Å². The molecule has 152 valence electrons. The summed E-state index contributed by atoms with van der Waals surface area (Å²) in [5, 5.41) is 0. The summed E-state index contributed by atoms with van der Waals surface area (Å²) in [5.41, 5.74) is 7.47. The van der Waals surface area contributed by atoms with Crippen LogP contribution in [0.3, 0.4) is 0 Å². The van der Waals surface area contributed by atoms with E-state index in [-0.39, 0.29) is 22.7 Å². The first-order valence-corrected chi connectivity index (χ1v) is 10.7. The Bertz CT molecular complexity index is 823. The van der Waals surface area contributed by atoms with E-state index in [0.29, 0.717) is 12.5 Å². The SMILES string of the molecule is CCOC(=O)[C@@H]1C[C@H]1/C=C/C=C(\C)c1cc2c(cc1C)C(C)(C)CCC2(C)C. The minimum Gasteiger partial charge on any atom is -0.466 e. The summed E-state index contributed by atoms with van der Waals surface area (Å²) in [6.07, 6.45) is 9.86. The summed E-state index contributed by atoms with van der Waals surface area (Å²) >= 11 is 0. The quantitative estimate of drug-likeness (QED) is 0.430. The van der Waals surface area contributed by atoms with Gasteiger partial charge in [0.25, 0.3) is 0 Å². The molecule has 0 aromatic heterocycles. The molecule has 2 aliphatic carbocycles. The summed E-state index contributed by atoms with van der Waals surface area (Å²) < 4.78 is 5.11. The van der Waals surface area contributed by atoms with Crippen LogP contribution >= 0.6 is 0 Å². The molecule has 1 aromatic rings. The van der Waals surface area contributed by atoms with Crippen LogP contribution in [0.2, 0.25) is 0 Å². The molecule has 0 unspecified atom stereocenters. The molecular weight excluding hydrogens is 344 g/mol. The lowest BCUT2D eigenvalue weighted by Gasteiger charge is -2.42. The van der Waals surface area contributed by atoms with Crippen LogP contribution in [0.1, 0.15) is 83.1 Å². The molecule has 2 atom stereocenters. The number of rotatable bonds is 5. The fourth-order valence-electron chi connectivity index (χ4n) is 4.53. The Kier molecular flexibility index (Phi) is 5.62. The predicted octanol–water partition coefficient (Wildman–Crippen LogP) is 6.50. The van der Waals surface area contributed by atoms with Gasteiger partial charge in [0, 0.05) is 0 Å². The van der Waals surface area contributed by atoms with Crippen LogP contribution in [0.4, 0.5) is 0 Å². The van der Waals surface area contributed by atoms with E-state index in [1.54, 1.807) is 0 Å². The van der Waals surface area contributed by atoms with Crippen molar-refractivity contribution in [2.24, 2.45) is 11.8 Å². The number of allylic oxidation sites excluding steroid dienone is 4. The summed E-state index contributed by atoms with van der Waals surface area (Å²) in [6, 6.07) is 4.86. The fourth-order valence-corrected chi connectivity index (χ4v) is 4.53. The maximum absolute atomic E-state index is 11.8. The fraction of sp³-hybridized carbons (Fsp3) is 0.577. The highest BCUT2D eigenvalue weighted by Crippen LogP contribution is 2.47. The van der Waals surface area contributed by atoms with Crippen LogP contribution in [-0.4, -0.2) is 12.6 Å². The van der Waals surface area contributed by atoms with Gasteiger partial charge in [-0.2, -0.15) is 0 Å². The highest BCUT2D eigenvalue weighted by Gasteiger charge is 2.42. The maximum atomic E-state index is 11.8. The van der Waals surface area contributed by atoms with Crippen LogP contribution in [0, 0.1) is 18.8 Å². The van der Waals surface area contributed by atoms with Crippen molar-refractivity contribution >= 4 is 11.5 Å². The smallest absolute Gasteiger partial charge is 0.309 e. The van der Waals surface area contributed by atoms with E-state index >= 15 is 0 Å². The number of hydrogen-bond donors (Lipinski definition) is 0. The molecule has 0 aliphatic heterocycles. The van der Waals surface area contributed by atoms with Crippen molar-refractivity contribution in [2.45, 2.75) is 78.6 Å². The number of carbonyl (C=O) groups is 1. The van der Waals surface area contributed by atoms with E-state index in [4.69, 9.17) is 4.74 Å². The van der Waals surface area contributed by atoms with Crippen molar-refractivity contribution < 1.29 is 9.53 Å². The number of ether oxygens (including phenoxy) is 1. The third-order valence-electron chi connectivity index (χ3n) is 6.76. The first kappa shape index (κ1) is 20.9. The first-order valence-electron chi connectivity index (χ1n) is 10.7. The molecule has 3 rings (SSSR count). The van der Waals surface area contributed by atoms with Crippen LogP contribution < -0.4 is 0 Å². The van der Waals surface area contributed by atoms with Crippen LogP contribution in [0.5, 0.6) is 0 Å². The molecule has 0 saturated heterocycles. The number of hydrogen-bond acceptors (Lipinski definition) is 2. The zero-order valence-electron chi connectivity index (χ0n) is 18.7. The van der Waals surface area contributed by atoms with Gasteiger partial charge in [-0.3, -0.25) is 4.79 Å². The second-order valence-corrected chi connectivity index (χ2v) is 9.97. The Morgan fingerprint density at radius 3 is 2.36 bits per heavy atom. The zero-order valence-corrected chi connectivity index (χ0v) is 18.7. The maximum Gasteiger partial charge on any atom is 0.309 e. The van der Waals surface area contributed by atoms with E-state index in [1.165, 1.54) is 40.7 Å². The largest absolute Gasteiger partial charge is 0.466 e. The number of fused-ring (bicyclic) bond motifs is 1. The van der Waals surface area contributed by atoms with Crippen LogP contribution in [-0.2, 0) is 20.4 Å². The van der Waals surface area contributed by atoms with Gasteiger partial charge in [-0.15, -0.1) is 0 Å². The summed E-state index contributed by atoms with van der Waals surface area (Å²) in [6.45, 7) is 16.3. The summed E-state index contributed by atoms with van der Waals surface area (Å²) in [4.78, 5) is 11.8. The van der Waals surface area contributed by atoms with E-state index < -0.39 is 0 Å². The molecular formula is C26H36O2. The number of aryl methyl sites for hydroxylation is 1. The lowest BCUT2D eigenvalue weighted by Crippen LogP contribution is -2.34. The molecule has 1 fully saturated rings. The average molecular weight is 381 g/mol. The molecule has 2 aliphatic rings. The first-order chi connectivity index (χ1) is 13.1. The highest BCUT2D eigenvalue weighted by molar-refractivity contribution is 5.76. The molecule has 1 saturated carbocycles. The van der Waals surface area contributed by atoms with E-state index in [9.17, 15) is 4.79 Å². The van der Waals surface area contributed by atoms with Gasteiger partial charge in [-0.25, -0.2) is 0 Å². The lowest BCUT2D eigenvalue weighted by molar-refractivity contribution is -0.144. The Morgan fingerprint density at radius 2 is 1.75 bits per heavy atom. The second kappa shape index (κ2) is 7.54. The summed E-state index contributed by atoms with van der Waals surface area (Å²) in [7, 11) is 0. The van der Waals surface area contributed by atoms with Crippen molar-refractivity contribution in [1.29, 1.82) is 0 Å². The average Bonchev–Trinajstić information content (AvgIpc) is 3.38. The van der Waals surface area contributed by atoms with Gasteiger partial charge in [0.1, 0.15) is 0 Å². The molecule has 0 radical (unpaired) electrons. The van der Waals surface area contributed by atoms with Crippen molar-refractivity contribution in [3.05, 3.63) is 52.6 Å². The van der Waals surface area contributed by atoms with Crippen molar-refractivity contribution in [1.82, 2.24) is 0 Å². The third-order valence-corrected chi connectivity index (χ3v) is 6.76. The van der Waals surface area contributed by atoms with Crippen LogP contribution in [0.25, 0.3) is 5.57 Å². The van der Waals surface area contributed by atoms with Gasteiger partial charge in [-0.05, 0) is 84.6 Å². The van der Waals surface area contributed by atoms with Gasteiger partial charge >= 0.3 is 5.97 Å². The molecule has 2 nitrogen and oxygen atoms in total. The number of benzene rings is 1. The standard InChI is InChI=1S/C26H36O2/c1-8-28-24(27)21-15-19(21)11-9-10-17(2)20-16-23-22(14-18(20)3)25(4,5)12-13-26(23,6)7/h9-11,14,16,19,21H,8,12-13,15H2,1-7H3/b11-9+,17-10+/t19-,21-/m1/s1. The molecule has 0 N–H and O–H groups in total. The predicted molar refractivity (Wildman–Crippen MR) is 117 cm³/mol. The monoisotopic (exact) mass is 380 g/mol. The highest BCUT2D eigenvalue weighted by atomic mass is 16.5. The summed E-state index contributed by atoms with van der Waals surface area (Å²) in [5.74, 6) is 0.360. The Labute approximate surface area is 171 Å². The van der Waals surface area contributed by atoms with Crippen molar-refractivity contribution in [2.75, 3.05) is 6.61 Å². The van der Waals surface area contributed by atoms with E-state index in [2.05, 4.69) is 71.9 Å². The van der Waals surface area contributed by atoms with Crippen LogP contribution in [0.15, 0.2) is 30.4 Å². The minimum atomic E-state index is -0.0479. The minimum absolute atomic E-state index is 0.0479.